The fourth-order valence-electron chi connectivity index (χ4n) is 3.96. The number of carbonyl (C=O) groups excluding carboxylic acids is 2. The first kappa shape index (κ1) is 20.3. The highest BCUT2D eigenvalue weighted by atomic mass is 32.2. The lowest BCUT2D eigenvalue weighted by Crippen LogP contribution is -2.41. The normalized spacial score (nSPS) is 20.3. The molecule has 1 N–H and O–H groups in total. The number of likely N-dealkylation sites (tertiary alicyclic amines) is 1. The maximum atomic E-state index is 13.1. The molecule has 4 rings (SSSR count). The summed E-state index contributed by atoms with van der Waals surface area (Å²) in [6.45, 7) is 0.547. The van der Waals surface area contributed by atoms with Crippen molar-refractivity contribution in [1.82, 2.24) is 14.9 Å². The molecule has 2 saturated heterocycles. The fourth-order valence-corrected chi connectivity index (χ4v) is 7.22. The van der Waals surface area contributed by atoms with Gasteiger partial charge in [0.2, 0.25) is 0 Å². The number of thioether (sulfide) groups is 2. The number of methoxy groups -OCH3 is 1. The van der Waals surface area contributed by atoms with Gasteiger partial charge >= 0.3 is 5.97 Å². The zero-order valence-corrected chi connectivity index (χ0v) is 18.1. The molecule has 1 amide bonds. The van der Waals surface area contributed by atoms with Crippen LogP contribution in [0.15, 0.2) is 36.5 Å². The monoisotopic (exact) mass is 431 g/mol. The number of amides is 1. The number of nitrogens with one attached hydrogen (secondary N) is 1. The number of aromatic amines is 1. The quantitative estimate of drug-likeness (QED) is 0.708. The lowest BCUT2D eigenvalue weighted by molar-refractivity contribution is -0.145. The van der Waals surface area contributed by atoms with Crippen LogP contribution in [0.25, 0.3) is 0 Å². The highest BCUT2D eigenvalue weighted by Gasteiger charge is 2.52. The van der Waals surface area contributed by atoms with Crippen molar-refractivity contribution in [2.24, 2.45) is 0 Å². The first-order valence-electron chi connectivity index (χ1n) is 9.85. The minimum atomic E-state index is -0.544. The lowest BCUT2D eigenvalue weighted by atomic mass is 10.1. The van der Waals surface area contributed by atoms with Crippen molar-refractivity contribution < 1.29 is 14.3 Å². The highest BCUT2D eigenvalue weighted by Crippen LogP contribution is 2.52. The third-order valence-electron chi connectivity index (χ3n) is 5.42. The molecule has 0 saturated carbocycles. The third-order valence-corrected chi connectivity index (χ3v) is 8.85. The van der Waals surface area contributed by atoms with Gasteiger partial charge in [-0.25, -0.2) is 9.78 Å². The summed E-state index contributed by atoms with van der Waals surface area (Å²) in [5.74, 6) is 1.83. The van der Waals surface area contributed by atoms with Gasteiger partial charge in [0.25, 0.3) is 5.91 Å². The van der Waals surface area contributed by atoms with Crippen LogP contribution >= 0.6 is 23.5 Å². The van der Waals surface area contributed by atoms with Crippen LogP contribution in [-0.4, -0.2) is 62.0 Å². The number of nitrogens with zero attached hydrogens (tertiary/aromatic N) is 2. The van der Waals surface area contributed by atoms with E-state index < -0.39 is 6.04 Å². The van der Waals surface area contributed by atoms with Crippen LogP contribution in [0.2, 0.25) is 0 Å². The van der Waals surface area contributed by atoms with E-state index in [-0.39, 0.29) is 16.0 Å². The van der Waals surface area contributed by atoms with Crippen LogP contribution < -0.4 is 0 Å². The molecule has 0 radical (unpaired) electrons. The largest absolute Gasteiger partial charge is 0.467 e. The van der Waals surface area contributed by atoms with Crippen molar-refractivity contribution in [3.63, 3.8) is 0 Å². The van der Waals surface area contributed by atoms with Crippen molar-refractivity contribution in [1.29, 1.82) is 0 Å². The molecule has 2 aromatic rings. The highest BCUT2D eigenvalue weighted by molar-refractivity contribution is 8.21. The van der Waals surface area contributed by atoms with E-state index in [9.17, 15) is 9.59 Å². The molecule has 1 atom stereocenters. The van der Waals surface area contributed by atoms with E-state index in [4.69, 9.17) is 4.74 Å². The van der Waals surface area contributed by atoms with E-state index in [0.29, 0.717) is 18.8 Å². The van der Waals surface area contributed by atoms with Crippen LogP contribution in [0.1, 0.15) is 34.7 Å². The summed E-state index contributed by atoms with van der Waals surface area (Å²) in [5.41, 5.74) is 2.25. The number of aryl methyl sites for hydroxylation is 2. The molecule has 8 heteroatoms. The number of hydrogen-bond acceptors (Lipinski definition) is 6. The topological polar surface area (TPSA) is 75.3 Å². The first-order valence-corrected chi connectivity index (χ1v) is 11.8. The fraction of sp³-hybridized carbons (Fsp3) is 0.476. The molecular formula is C21H25N3O3S2. The molecule has 6 nitrogen and oxygen atoms in total. The Bertz CT molecular complexity index is 865. The predicted molar refractivity (Wildman–Crippen MR) is 116 cm³/mol. The number of rotatable bonds is 6. The zero-order valence-electron chi connectivity index (χ0n) is 16.4. The minimum absolute atomic E-state index is 0.0976. The molecular weight excluding hydrogens is 406 g/mol. The molecule has 0 bridgehead atoms. The van der Waals surface area contributed by atoms with E-state index in [1.165, 1.54) is 12.7 Å². The second-order valence-electron chi connectivity index (χ2n) is 7.38. The molecule has 3 heterocycles. The number of hydrogen-bond donors (Lipinski definition) is 1. The van der Waals surface area contributed by atoms with Crippen LogP contribution in [0.4, 0.5) is 0 Å². The average Bonchev–Trinajstić information content (AvgIpc) is 3.49. The van der Waals surface area contributed by atoms with Gasteiger partial charge in [-0.15, -0.1) is 23.5 Å². The van der Waals surface area contributed by atoms with E-state index in [1.54, 1.807) is 11.1 Å². The molecule has 2 aliphatic rings. The van der Waals surface area contributed by atoms with Gasteiger partial charge in [-0.2, -0.15) is 0 Å². The predicted octanol–water partition coefficient (Wildman–Crippen LogP) is 3.15. The van der Waals surface area contributed by atoms with Gasteiger partial charge in [-0.1, -0.05) is 30.3 Å². The Kier molecular flexibility index (Phi) is 6.20. The Morgan fingerprint density at radius 2 is 2.00 bits per heavy atom. The zero-order chi connectivity index (χ0) is 20.3. The van der Waals surface area contributed by atoms with E-state index >= 15 is 0 Å². The SMILES string of the molecule is COC(=O)C1CC2(CN1C(=O)c1ncc(CCCc3ccccc3)[nH]1)SCCS2. The molecule has 2 fully saturated rings. The number of esters is 1. The average molecular weight is 432 g/mol. The Hall–Kier alpha value is -1.93. The van der Waals surface area contributed by atoms with Gasteiger partial charge in [0.1, 0.15) is 6.04 Å². The number of imidazole rings is 1. The molecule has 1 spiro atoms. The number of carbonyl (C=O) groups is 2. The summed E-state index contributed by atoms with van der Waals surface area (Å²) in [6.07, 6.45) is 5.15. The Morgan fingerprint density at radius 3 is 2.72 bits per heavy atom. The molecule has 154 valence electrons. The molecule has 1 aromatic heterocycles. The lowest BCUT2D eigenvalue weighted by Gasteiger charge is -2.22. The van der Waals surface area contributed by atoms with E-state index in [2.05, 4.69) is 22.1 Å². The van der Waals surface area contributed by atoms with Gasteiger partial charge in [0.05, 0.1) is 11.2 Å². The van der Waals surface area contributed by atoms with Crippen molar-refractivity contribution in [2.75, 3.05) is 25.2 Å². The molecule has 2 aliphatic heterocycles. The van der Waals surface area contributed by atoms with Gasteiger partial charge < -0.3 is 14.6 Å². The molecule has 29 heavy (non-hydrogen) atoms. The minimum Gasteiger partial charge on any atom is -0.467 e. The van der Waals surface area contributed by atoms with Gasteiger partial charge in [-0.05, 0) is 24.8 Å². The summed E-state index contributed by atoms with van der Waals surface area (Å²) in [6, 6.07) is 9.81. The van der Waals surface area contributed by atoms with Crippen molar-refractivity contribution in [2.45, 2.75) is 35.8 Å². The van der Waals surface area contributed by atoms with Crippen LogP contribution in [0, 0.1) is 0 Å². The molecule has 1 unspecified atom stereocenters. The van der Waals surface area contributed by atoms with Crippen molar-refractivity contribution in [3.8, 4) is 0 Å². The maximum Gasteiger partial charge on any atom is 0.328 e. The summed E-state index contributed by atoms with van der Waals surface area (Å²) in [5, 5.41) is 0. The Morgan fingerprint density at radius 1 is 1.24 bits per heavy atom. The Balaban J connectivity index is 1.41. The van der Waals surface area contributed by atoms with Crippen LogP contribution in [0.3, 0.4) is 0 Å². The standard InChI is InChI=1S/C21H25N3O3S2/c1-27-20(26)17-12-21(28-10-11-29-21)14-24(17)19(25)18-22-13-16(23-18)9-5-8-15-6-3-2-4-7-15/h2-4,6-7,13,17H,5,8-12,14H2,1H3,(H,22,23). The van der Waals surface area contributed by atoms with Gasteiger partial charge in [0, 0.05) is 36.4 Å². The van der Waals surface area contributed by atoms with Crippen molar-refractivity contribution in [3.05, 3.63) is 53.6 Å². The van der Waals surface area contributed by atoms with Gasteiger partial charge in [-0.3, -0.25) is 4.79 Å². The van der Waals surface area contributed by atoms with E-state index in [1.807, 2.05) is 41.7 Å². The number of benzene rings is 1. The smallest absolute Gasteiger partial charge is 0.328 e. The van der Waals surface area contributed by atoms with Crippen molar-refractivity contribution >= 4 is 35.4 Å². The number of ether oxygens (including phenoxy) is 1. The summed E-state index contributed by atoms with van der Waals surface area (Å²) in [7, 11) is 1.38. The first-order chi connectivity index (χ1) is 14.1. The second-order valence-corrected chi connectivity index (χ2v) is 10.6. The second kappa shape index (κ2) is 8.83. The number of aromatic nitrogens is 2. The summed E-state index contributed by atoms with van der Waals surface area (Å²) in [4.78, 5) is 34.6. The Labute approximate surface area is 179 Å². The third kappa shape index (κ3) is 4.48. The maximum absolute atomic E-state index is 13.1. The molecule has 0 aliphatic carbocycles. The van der Waals surface area contributed by atoms with Gasteiger partial charge in [0.15, 0.2) is 5.82 Å². The van der Waals surface area contributed by atoms with Crippen LogP contribution in [0.5, 0.6) is 0 Å². The van der Waals surface area contributed by atoms with Crippen LogP contribution in [-0.2, 0) is 22.4 Å². The summed E-state index contributed by atoms with van der Waals surface area (Å²) >= 11 is 3.69. The number of H-pyrrole nitrogens is 1. The summed E-state index contributed by atoms with van der Waals surface area (Å²) < 4.78 is 4.87. The van der Waals surface area contributed by atoms with E-state index in [0.717, 1.165) is 36.5 Å². The molecule has 1 aromatic carbocycles.